The van der Waals surface area contributed by atoms with E-state index in [1.54, 1.807) is 0 Å². The quantitative estimate of drug-likeness (QED) is 0.773. The summed E-state index contributed by atoms with van der Waals surface area (Å²) in [5, 5.41) is 1.30. The lowest BCUT2D eigenvalue weighted by molar-refractivity contribution is 0.0368. The summed E-state index contributed by atoms with van der Waals surface area (Å²) in [5.74, 6) is 0. The lowest BCUT2D eigenvalue weighted by Crippen LogP contribution is -2.37. The molecule has 1 saturated heterocycles. The molecule has 1 aromatic heterocycles. The van der Waals surface area contributed by atoms with Gasteiger partial charge in [-0.05, 0) is 32.4 Å². The van der Waals surface area contributed by atoms with Crippen molar-refractivity contribution in [1.82, 2.24) is 14.8 Å². The first-order valence-electron chi connectivity index (χ1n) is 9.04. The third-order valence-corrected chi connectivity index (χ3v) is 6.33. The monoisotopic (exact) mass is 337 g/mol. The van der Waals surface area contributed by atoms with E-state index in [2.05, 4.69) is 30.6 Å². The van der Waals surface area contributed by atoms with Gasteiger partial charge in [-0.15, -0.1) is 11.3 Å². The topological polar surface area (TPSA) is 28.6 Å². The predicted molar refractivity (Wildman–Crippen MR) is 96.3 cm³/mol. The molecule has 0 amide bonds. The zero-order chi connectivity index (χ0) is 16.3. The molecule has 5 heteroatoms. The average molecular weight is 338 g/mol. The molecule has 0 spiro atoms. The number of thiazole rings is 1. The summed E-state index contributed by atoms with van der Waals surface area (Å²) in [5.41, 5.74) is 1.53. The van der Waals surface area contributed by atoms with Crippen LogP contribution in [-0.4, -0.2) is 60.7 Å². The van der Waals surface area contributed by atoms with Gasteiger partial charge in [-0.1, -0.05) is 20.8 Å². The van der Waals surface area contributed by atoms with E-state index in [0.29, 0.717) is 0 Å². The highest BCUT2D eigenvalue weighted by Gasteiger charge is 2.25. The molecular formula is C18H31N3OS. The molecule has 4 nitrogen and oxygen atoms in total. The SMILES string of the molecule is CC(C)(C)c1nc2c(s1)CCN(CCCCN1CCOCC1)C2. The highest BCUT2D eigenvalue weighted by Crippen LogP contribution is 2.32. The molecule has 0 unspecified atom stereocenters. The van der Waals surface area contributed by atoms with Crippen LogP contribution in [0.15, 0.2) is 0 Å². The number of morpholine rings is 1. The van der Waals surface area contributed by atoms with Crippen molar-refractivity contribution < 1.29 is 4.74 Å². The summed E-state index contributed by atoms with van der Waals surface area (Å²) in [6, 6.07) is 0. The zero-order valence-corrected chi connectivity index (χ0v) is 15.8. The van der Waals surface area contributed by atoms with Crippen LogP contribution in [0.5, 0.6) is 0 Å². The van der Waals surface area contributed by atoms with Gasteiger partial charge >= 0.3 is 0 Å². The number of unbranched alkanes of at least 4 members (excludes halogenated alkanes) is 1. The molecular weight excluding hydrogens is 306 g/mol. The molecule has 0 N–H and O–H groups in total. The minimum Gasteiger partial charge on any atom is -0.379 e. The maximum atomic E-state index is 5.40. The molecule has 3 rings (SSSR count). The maximum absolute atomic E-state index is 5.40. The minimum atomic E-state index is 0.186. The molecule has 130 valence electrons. The molecule has 0 atom stereocenters. The number of rotatable bonds is 5. The van der Waals surface area contributed by atoms with Gasteiger partial charge in [0.1, 0.15) is 0 Å². The Kier molecular flexibility index (Phi) is 5.73. The lowest BCUT2D eigenvalue weighted by Gasteiger charge is -2.28. The Morgan fingerprint density at radius 1 is 1.04 bits per heavy atom. The first-order chi connectivity index (χ1) is 11.0. The normalized spacial score (nSPS) is 20.7. The largest absolute Gasteiger partial charge is 0.379 e. The fourth-order valence-corrected chi connectivity index (χ4v) is 4.38. The molecule has 2 aliphatic heterocycles. The van der Waals surface area contributed by atoms with Crippen LogP contribution >= 0.6 is 11.3 Å². The fourth-order valence-electron chi connectivity index (χ4n) is 3.26. The Morgan fingerprint density at radius 2 is 1.74 bits per heavy atom. The maximum Gasteiger partial charge on any atom is 0.0985 e. The minimum absolute atomic E-state index is 0.186. The Balaban J connectivity index is 1.41. The second-order valence-electron chi connectivity index (χ2n) is 7.83. The van der Waals surface area contributed by atoms with Crippen LogP contribution in [0.25, 0.3) is 0 Å². The van der Waals surface area contributed by atoms with Crippen molar-refractivity contribution in [3.05, 3.63) is 15.6 Å². The number of hydrogen-bond acceptors (Lipinski definition) is 5. The van der Waals surface area contributed by atoms with Crippen molar-refractivity contribution in [2.24, 2.45) is 0 Å². The van der Waals surface area contributed by atoms with Crippen LogP contribution in [-0.2, 0) is 23.1 Å². The summed E-state index contributed by atoms with van der Waals surface area (Å²) in [6.45, 7) is 15.5. The van der Waals surface area contributed by atoms with Crippen LogP contribution < -0.4 is 0 Å². The van der Waals surface area contributed by atoms with Gasteiger partial charge in [0, 0.05) is 36.5 Å². The summed E-state index contributed by atoms with van der Waals surface area (Å²) < 4.78 is 5.40. The van der Waals surface area contributed by atoms with E-state index < -0.39 is 0 Å². The van der Waals surface area contributed by atoms with E-state index in [0.717, 1.165) is 32.8 Å². The molecule has 3 heterocycles. The Bertz CT molecular complexity index is 503. The van der Waals surface area contributed by atoms with Gasteiger partial charge in [-0.25, -0.2) is 4.98 Å². The molecule has 0 aromatic carbocycles. The number of fused-ring (bicyclic) bond motifs is 1. The van der Waals surface area contributed by atoms with E-state index in [1.807, 2.05) is 11.3 Å². The summed E-state index contributed by atoms with van der Waals surface area (Å²) in [4.78, 5) is 11.6. The van der Waals surface area contributed by atoms with Crippen LogP contribution in [0, 0.1) is 0 Å². The van der Waals surface area contributed by atoms with E-state index in [4.69, 9.17) is 9.72 Å². The predicted octanol–water partition coefficient (Wildman–Crippen LogP) is 2.91. The third-order valence-electron chi connectivity index (χ3n) is 4.75. The molecule has 0 aliphatic carbocycles. The molecule has 0 saturated carbocycles. The molecule has 23 heavy (non-hydrogen) atoms. The molecule has 1 aromatic rings. The highest BCUT2D eigenvalue weighted by molar-refractivity contribution is 7.11. The van der Waals surface area contributed by atoms with Gasteiger partial charge in [-0.2, -0.15) is 0 Å². The Hall–Kier alpha value is -0.490. The van der Waals surface area contributed by atoms with Gasteiger partial charge in [0.05, 0.1) is 23.9 Å². The van der Waals surface area contributed by atoms with Gasteiger partial charge in [-0.3, -0.25) is 9.80 Å². The van der Waals surface area contributed by atoms with Crippen molar-refractivity contribution in [3.63, 3.8) is 0 Å². The molecule has 1 fully saturated rings. The smallest absolute Gasteiger partial charge is 0.0985 e. The molecule has 2 aliphatic rings. The van der Waals surface area contributed by atoms with E-state index in [-0.39, 0.29) is 5.41 Å². The standard InChI is InChI=1S/C18H31N3OS/c1-18(2,3)17-19-15-14-21(9-6-16(15)23-17)8-5-4-7-20-10-12-22-13-11-20/h4-14H2,1-3H3. The van der Waals surface area contributed by atoms with Crippen molar-refractivity contribution in [2.75, 3.05) is 45.9 Å². The zero-order valence-electron chi connectivity index (χ0n) is 14.9. The first kappa shape index (κ1) is 17.3. The van der Waals surface area contributed by atoms with E-state index in [9.17, 15) is 0 Å². The average Bonchev–Trinajstić information content (AvgIpc) is 2.96. The van der Waals surface area contributed by atoms with Gasteiger partial charge in [0.25, 0.3) is 0 Å². The van der Waals surface area contributed by atoms with Crippen LogP contribution in [0.1, 0.15) is 49.2 Å². The van der Waals surface area contributed by atoms with Crippen LogP contribution in [0.4, 0.5) is 0 Å². The summed E-state index contributed by atoms with van der Waals surface area (Å²) >= 11 is 1.94. The second kappa shape index (κ2) is 7.60. The van der Waals surface area contributed by atoms with Gasteiger partial charge in [0.2, 0.25) is 0 Å². The van der Waals surface area contributed by atoms with Crippen molar-refractivity contribution >= 4 is 11.3 Å². The number of nitrogens with zero attached hydrogens (tertiary/aromatic N) is 3. The number of aromatic nitrogens is 1. The van der Waals surface area contributed by atoms with Crippen LogP contribution in [0.3, 0.4) is 0 Å². The number of hydrogen-bond donors (Lipinski definition) is 0. The van der Waals surface area contributed by atoms with E-state index >= 15 is 0 Å². The van der Waals surface area contributed by atoms with E-state index in [1.165, 1.54) is 54.5 Å². The Morgan fingerprint density at radius 3 is 2.43 bits per heavy atom. The highest BCUT2D eigenvalue weighted by atomic mass is 32.1. The third kappa shape index (κ3) is 4.75. The van der Waals surface area contributed by atoms with Crippen molar-refractivity contribution in [2.45, 2.75) is 52.0 Å². The van der Waals surface area contributed by atoms with Gasteiger partial charge in [0.15, 0.2) is 0 Å². The summed E-state index contributed by atoms with van der Waals surface area (Å²) in [7, 11) is 0. The lowest BCUT2D eigenvalue weighted by atomic mass is 9.98. The summed E-state index contributed by atoms with van der Waals surface area (Å²) in [6.07, 6.45) is 3.78. The van der Waals surface area contributed by atoms with Crippen molar-refractivity contribution in [3.8, 4) is 0 Å². The Labute approximate surface area is 144 Å². The van der Waals surface area contributed by atoms with Gasteiger partial charge < -0.3 is 4.74 Å². The molecule has 0 bridgehead atoms. The van der Waals surface area contributed by atoms with Crippen molar-refractivity contribution in [1.29, 1.82) is 0 Å². The number of ether oxygens (including phenoxy) is 1. The van der Waals surface area contributed by atoms with Crippen LogP contribution in [0.2, 0.25) is 0 Å². The second-order valence-corrected chi connectivity index (χ2v) is 8.91. The first-order valence-corrected chi connectivity index (χ1v) is 9.85. The molecule has 0 radical (unpaired) electrons. The fraction of sp³-hybridized carbons (Fsp3) is 0.833.